The molecule has 0 saturated heterocycles. The summed E-state index contributed by atoms with van der Waals surface area (Å²) in [6.07, 6.45) is 4.43. The first kappa shape index (κ1) is 8.87. The number of hydrogen-bond donors (Lipinski definition) is 1. The number of aryl methyl sites for hydroxylation is 1. The molecular formula is C19H26O2. The van der Waals surface area contributed by atoms with Gasteiger partial charge in [-0.25, -0.2) is 0 Å². The lowest BCUT2D eigenvalue weighted by molar-refractivity contribution is 0.0107. The van der Waals surface area contributed by atoms with Crippen molar-refractivity contribution in [1.29, 1.82) is 0 Å². The molecule has 0 aromatic heterocycles. The van der Waals surface area contributed by atoms with Gasteiger partial charge in [0.1, 0.15) is 17.1 Å². The van der Waals surface area contributed by atoms with Crippen LogP contribution >= 0.6 is 0 Å². The summed E-state index contributed by atoms with van der Waals surface area (Å²) in [5, 5.41) is 10.7. The van der Waals surface area contributed by atoms with E-state index in [1.165, 1.54) is 0 Å². The standard InChI is InChI=1S/C19H26O2/c1-5-6-13-10-16(20)18-14-9-12(2)7-8-15(14)19(3,4)21-17(18)11-13/h9-11,14-15,20H,5-8H2,1-4H3/i3D3,4D3. The zero-order valence-corrected chi connectivity index (χ0v) is 12.6. The van der Waals surface area contributed by atoms with Crippen LogP contribution in [0.25, 0.3) is 0 Å². The van der Waals surface area contributed by atoms with Crippen molar-refractivity contribution in [2.75, 3.05) is 0 Å². The predicted octanol–water partition coefficient (Wildman–Crippen LogP) is 4.96. The highest BCUT2D eigenvalue weighted by Gasteiger charge is 2.45. The highest BCUT2D eigenvalue weighted by atomic mass is 16.5. The summed E-state index contributed by atoms with van der Waals surface area (Å²) in [6.45, 7) is -1.74. The molecule has 1 aromatic carbocycles. The summed E-state index contributed by atoms with van der Waals surface area (Å²) < 4.78 is 54.5. The lowest BCUT2D eigenvalue weighted by atomic mass is 9.68. The van der Waals surface area contributed by atoms with Crippen LogP contribution in [-0.4, -0.2) is 10.7 Å². The fourth-order valence-corrected chi connectivity index (χ4v) is 3.58. The second kappa shape index (κ2) is 5.08. The van der Waals surface area contributed by atoms with Crippen LogP contribution in [0.3, 0.4) is 0 Å². The van der Waals surface area contributed by atoms with Gasteiger partial charge >= 0.3 is 0 Å². The molecule has 114 valence electrons. The van der Waals surface area contributed by atoms with E-state index in [0.717, 1.165) is 17.6 Å². The Labute approximate surface area is 136 Å². The highest BCUT2D eigenvalue weighted by molar-refractivity contribution is 5.53. The average molecular weight is 292 g/mol. The van der Waals surface area contributed by atoms with Crippen molar-refractivity contribution in [3.05, 3.63) is 34.9 Å². The molecule has 2 atom stereocenters. The number of hydrogen-bond acceptors (Lipinski definition) is 2. The molecule has 0 radical (unpaired) electrons. The minimum absolute atomic E-state index is 0.0431. The number of fused-ring (bicyclic) bond motifs is 3. The lowest BCUT2D eigenvalue weighted by Gasteiger charge is -2.46. The summed E-state index contributed by atoms with van der Waals surface area (Å²) in [5.74, 6) is -1.05. The molecule has 0 spiro atoms. The molecule has 0 bridgehead atoms. The van der Waals surface area contributed by atoms with Crippen molar-refractivity contribution in [3.63, 3.8) is 0 Å². The summed E-state index contributed by atoms with van der Waals surface area (Å²) in [4.78, 5) is 0. The predicted molar refractivity (Wildman–Crippen MR) is 86.0 cm³/mol. The van der Waals surface area contributed by atoms with Gasteiger partial charge in [0.2, 0.25) is 0 Å². The van der Waals surface area contributed by atoms with Crippen molar-refractivity contribution >= 4 is 0 Å². The molecule has 3 rings (SSSR count). The van der Waals surface area contributed by atoms with Crippen LogP contribution in [0.15, 0.2) is 23.8 Å². The number of aromatic hydroxyl groups is 1. The number of rotatable bonds is 2. The fourth-order valence-electron chi connectivity index (χ4n) is 3.58. The molecule has 1 aromatic rings. The van der Waals surface area contributed by atoms with E-state index in [-0.39, 0.29) is 11.5 Å². The van der Waals surface area contributed by atoms with E-state index in [4.69, 9.17) is 13.0 Å². The zero-order chi connectivity index (χ0) is 20.2. The van der Waals surface area contributed by atoms with Crippen LogP contribution in [0.5, 0.6) is 11.5 Å². The van der Waals surface area contributed by atoms with E-state index in [2.05, 4.69) is 0 Å². The Hall–Kier alpha value is -1.44. The minimum Gasteiger partial charge on any atom is -0.507 e. The van der Waals surface area contributed by atoms with Gasteiger partial charge < -0.3 is 9.84 Å². The molecule has 1 aliphatic heterocycles. The van der Waals surface area contributed by atoms with Gasteiger partial charge in [0.05, 0.1) is 0 Å². The second-order valence-electron chi connectivity index (χ2n) is 6.30. The van der Waals surface area contributed by atoms with Gasteiger partial charge in [-0.05, 0) is 57.6 Å². The Morgan fingerprint density at radius 3 is 2.95 bits per heavy atom. The van der Waals surface area contributed by atoms with Gasteiger partial charge in [0, 0.05) is 25.6 Å². The van der Waals surface area contributed by atoms with E-state index < -0.39 is 31.1 Å². The van der Waals surface area contributed by atoms with Crippen molar-refractivity contribution in [3.8, 4) is 11.5 Å². The maximum atomic E-state index is 10.7. The van der Waals surface area contributed by atoms with Gasteiger partial charge in [-0.1, -0.05) is 25.0 Å². The third-order valence-corrected chi connectivity index (χ3v) is 4.59. The van der Waals surface area contributed by atoms with E-state index in [9.17, 15) is 5.11 Å². The topological polar surface area (TPSA) is 29.5 Å². The van der Waals surface area contributed by atoms with E-state index >= 15 is 0 Å². The summed E-state index contributed by atoms with van der Waals surface area (Å²) in [7, 11) is 0. The highest BCUT2D eigenvalue weighted by Crippen LogP contribution is 2.53. The first-order valence-corrected chi connectivity index (χ1v) is 7.64. The molecule has 2 aliphatic rings. The van der Waals surface area contributed by atoms with Gasteiger partial charge in [0.15, 0.2) is 0 Å². The zero-order valence-electron chi connectivity index (χ0n) is 18.6. The smallest absolute Gasteiger partial charge is 0.127 e. The monoisotopic (exact) mass is 292 g/mol. The maximum Gasteiger partial charge on any atom is 0.127 e. The van der Waals surface area contributed by atoms with Crippen LogP contribution in [0.2, 0.25) is 0 Å². The first-order valence-electron chi connectivity index (χ1n) is 10.6. The molecule has 2 unspecified atom stereocenters. The van der Waals surface area contributed by atoms with E-state index in [0.29, 0.717) is 24.8 Å². The molecule has 1 heterocycles. The van der Waals surface area contributed by atoms with E-state index in [1.807, 2.05) is 19.9 Å². The fraction of sp³-hybridized carbons (Fsp3) is 0.579. The van der Waals surface area contributed by atoms with Crippen LogP contribution in [0.1, 0.15) is 72.1 Å². The number of phenolic OH excluding ortho intramolecular Hbond substituents is 1. The Morgan fingerprint density at radius 1 is 1.43 bits per heavy atom. The van der Waals surface area contributed by atoms with Crippen LogP contribution < -0.4 is 4.74 Å². The number of benzene rings is 1. The van der Waals surface area contributed by atoms with Gasteiger partial charge in [-0.3, -0.25) is 0 Å². The third-order valence-electron chi connectivity index (χ3n) is 4.59. The van der Waals surface area contributed by atoms with E-state index in [1.54, 1.807) is 12.1 Å². The number of phenols is 1. The molecule has 1 aliphatic carbocycles. The largest absolute Gasteiger partial charge is 0.507 e. The molecule has 2 heteroatoms. The number of allylic oxidation sites excluding steroid dienone is 2. The second-order valence-corrected chi connectivity index (χ2v) is 6.30. The maximum absolute atomic E-state index is 10.7. The van der Waals surface area contributed by atoms with Crippen molar-refractivity contribution in [2.45, 2.75) is 64.8 Å². The minimum atomic E-state index is -2.84. The molecule has 0 fully saturated rings. The molecule has 0 saturated carbocycles. The summed E-state index contributed by atoms with van der Waals surface area (Å²) in [5.41, 5.74) is 0.0643. The third kappa shape index (κ3) is 2.45. The molecule has 1 N–H and O–H groups in total. The van der Waals surface area contributed by atoms with Crippen LogP contribution in [-0.2, 0) is 6.42 Å². The van der Waals surface area contributed by atoms with Crippen molar-refractivity contribution < 1.29 is 18.1 Å². The Morgan fingerprint density at radius 2 is 2.24 bits per heavy atom. The Bertz CT molecular complexity index is 749. The van der Waals surface area contributed by atoms with Crippen molar-refractivity contribution in [1.82, 2.24) is 0 Å². The average Bonchev–Trinajstić information content (AvgIpc) is 2.51. The van der Waals surface area contributed by atoms with Gasteiger partial charge in [-0.2, -0.15) is 0 Å². The SMILES string of the molecule is [2H]C([2H])([2H])C1(C([2H])([2H])[2H])Oc2cc(CCC)cc(O)c2C2C=C(C)CCC21. The molecular weight excluding hydrogens is 260 g/mol. The van der Waals surface area contributed by atoms with Crippen LogP contribution in [0.4, 0.5) is 0 Å². The molecule has 21 heavy (non-hydrogen) atoms. The van der Waals surface area contributed by atoms with Gasteiger partial charge in [0.25, 0.3) is 0 Å². The van der Waals surface area contributed by atoms with Crippen molar-refractivity contribution in [2.24, 2.45) is 5.92 Å². The van der Waals surface area contributed by atoms with Gasteiger partial charge in [-0.15, -0.1) is 0 Å². The first-order chi connectivity index (χ1) is 12.4. The lowest BCUT2D eigenvalue weighted by Crippen LogP contribution is -2.45. The summed E-state index contributed by atoms with van der Waals surface area (Å²) >= 11 is 0. The normalized spacial score (nSPS) is 31.8. The summed E-state index contributed by atoms with van der Waals surface area (Å²) in [6, 6.07) is 3.37. The molecule has 2 nitrogen and oxygen atoms in total. The molecule has 0 amide bonds. The Kier molecular flexibility index (Phi) is 2.15. The Balaban J connectivity index is 2.30. The quantitative estimate of drug-likeness (QED) is 0.781. The van der Waals surface area contributed by atoms with Crippen LogP contribution in [0, 0.1) is 5.92 Å². The number of ether oxygens (including phenoxy) is 1.